The molecule has 0 saturated heterocycles. The van der Waals surface area contributed by atoms with Gasteiger partial charge in [-0.25, -0.2) is 14.1 Å². The molecule has 92 valence electrons. The molecule has 0 fully saturated rings. The van der Waals surface area contributed by atoms with E-state index in [1.54, 1.807) is 0 Å². The van der Waals surface area contributed by atoms with Crippen LogP contribution in [0.15, 0.2) is 30.0 Å². The average Bonchev–Trinajstić information content (AvgIpc) is 2.56. The summed E-state index contributed by atoms with van der Waals surface area (Å²) in [5.41, 5.74) is -0.996. The number of benzene rings is 1. The second kappa shape index (κ2) is 4.06. The van der Waals surface area contributed by atoms with E-state index in [1.807, 2.05) is 0 Å². The van der Waals surface area contributed by atoms with Crippen molar-refractivity contribution < 1.29 is 23.9 Å². The van der Waals surface area contributed by atoms with Crippen LogP contribution >= 0.6 is 0 Å². The van der Waals surface area contributed by atoms with E-state index in [0.29, 0.717) is 4.90 Å². The summed E-state index contributed by atoms with van der Waals surface area (Å²) >= 11 is 0. The number of allylic oxidation sites excluding steroid dienone is 1. The standard InChI is InChI=1S/C12H8FNO4/c1-2-8(12(17)18)14-10(15)6-4-3-5-7(13)9(6)11(14)16/h2-5H,1H3,(H,17,18)/b8-2-. The summed E-state index contributed by atoms with van der Waals surface area (Å²) in [5, 5.41) is 8.91. The van der Waals surface area contributed by atoms with E-state index in [-0.39, 0.29) is 11.1 Å². The average molecular weight is 249 g/mol. The molecule has 0 unspecified atom stereocenters. The second-order valence-electron chi connectivity index (χ2n) is 3.59. The molecule has 1 aromatic carbocycles. The third kappa shape index (κ3) is 1.50. The number of carboxylic acids is 1. The van der Waals surface area contributed by atoms with Crippen LogP contribution in [0.25, 0.3) is 0 Å². The zero-order valence-electron chi connectivity index (χ0n) is 9.31. The van der Waals surface area contributed by atoms with Gasteiger partial charge in [-0.1, -0.05) is 12.1 Å². The highest BCUT2D eigenvalue weighted by Gasteiger charge is 2.41. The lowest BCUT2D eigenvalue weighted by molar-refractivity contribution is -0.133. The van der Waals surface area contributed by atoms with Gasteiger partial charge in [0.25, 0.3) is 11.8 Å². The predicted octanol–water partition coefficient (Wildman–Crippen LogP) is 1.41. The largest absolute Gasteiger partial charge is 0.477 e. The minimum Gasteiger partial charge on any atom is -0.477 e. The van der Waals surface area contributed by atoms with Crippen molar-refractivity contribution in [2.45, 2.75) is 6.92 Å². The number of halogens is 1. The highest BCUT2D eigenvalue weighted by atomic mass is 19.1. The number of nitrogens with zero attached hydrogens (tertiary/aromatic N) is 1. The van der Waals surface area contributed by atoms with Crippen LogP contribution in [0.1, 0.15) is 27.6 Å². The van der Waals surface area contributed by atoms with Crippen molar-refractivity contribution in [3.05, 3.63) is 46.9 Å². The number of aliphatic carboxylic acids is 1. The van der Waals surface area contributed by atoms with Gasteiger partial charge in [-0.3, -0.25) is 9.59 Å². The molecule has 0 aliphatic carbocycles. The maximum atomic E-state index is 13.5. The lowest BCUT2D eigenvalue weighted by Gasteiger charge is -2.13. The molecule has 2 rings (SSSR count). The molecule has 1 aromatic rings. The Bertz CT molecular complexity index is 606. The molecule has 1 aliphatic heterocycles. The first-order chi connectivity index (χ1) is 8.49. The van der Waals surface area contributed by atoms with Crippen LogP contribution < -0.4 is 0 Å². The molecule has 1 N–H and O–H groups in total. The number of rotatable bonds is 2. The molecule has 0 atom stereocenters. The van der Waals surface area contributed by atoms with E-state index >= 15 is 0 Å². The van der Waals surface area contributed by atoms with Crippen LogP contribution in [0, 0.1) is 5.82 Å². The van der Waals surface area contributed by atoms with Gasteiger partial charge in [0.2, 0.25) is 0 Å². The summed E-state index contributed by atoms with van der Waals surface area (Å²) in [5.74, 6) is -4.05. The Kier molecular flexibility index (Phi) is 2.70. The van der Waals surface area contributed by atoms with Crippen molar-refractivity contribution in [2.75, 3.05) is 0 Å². The summed E-state index contributed by atoms with van der Waals surface area (Å²) < 4.78 is 13.5. The zero-order chi connectivity index (χ0) is 13.4. The molecule has 1 heterocycles. The normalized spacial score (nSPS) is 15.0. The SMILES string of the molecule is C/C=C(/C(=O)O)N1C(=O)c2cccc(F)c2C1=O. The van der Waals surface area contributed by atoms with Gasteiger partial charge in [0, 0.05) is 0 Å². The Morgan fingerprint density at radius 3 is 2.50 bits per heavy atom. The maximum Gasteiger partial charge on any atom is 0.352 e. The highest BCUT2D eigenvalue weighted by Crippen LogP contribution is 2.28. The fourth-order valence-corrected chi connectivity index (χ4v) is 1.81. The molecular formula is C12H8FNO4. The zero-order valence-corrected chi connectivity index (χ0v) is 9.31. The van der Waals surface area contributed by atoms with Gasteiger partial charge in [-0.15, -0.1) is 0 Å². The van der Waals surface area contributed by atoms with Crippen LogP contribution in [0.5, 0.6) is 0 Å². The summed E-state index contributed by atoms with van der Waals surface area (Å²) in [6, 6.07) is 3.62. The smallest absolute Gasteiger partial charge is 0.352 e. The fourth-order valence-electron chi connectivity index (χ4n) is 1.81. The lowest BCUT2D eigenvalue weighted by atomic mass is 10.1. The van der Waals surface area contributed by atoms with Crippen LogP contribution in [-0.4, -0.2) is 27.8 Å². The number of carboxylic acid groups (broad SMARTS) is 1. The minimum atomic E-state index is -1.42. The number of carbonyl (C=O) groups excluding carboxylic acids is 2. The first-order valence-electron chi connectivity index (χ1n) is 5.06. The van der Waals surface area contributed by atoms with E-state index < -0.39 is 29.3 Å². The Labute approximate surface area is 101 Å². The Hall–Kier alpha value is -2.50. The fraction of sp³-hybridized carbons (Fsp3) is 0.0833. The summed E-state index contributed by atoms with van der Waals surface area (Å²) in [6.07, 6.45) is 1.11. The quantitative estimate of drug-likeness (QED) is 0.635. The topological polar surface area (TPSA) is 74.7 Å². The van der Waals surface area contributed by atoms with Gasteiger partial charge in [-0.05, 0) is 19.1 Å². The molecule has 0 saturated carbocycles. The van der Waals surface area contributed by atoms with Gasteiger partial charge in [-0.2, -0.15) is 0 Å². The highest BCUT2D eigenvalue weighted by molar-refractivity contribution is 6.24. The van der Waals surface area contributed by atoms with Gasteiger partial charge in [0.1, 0.15) is 11.5 Å². The van der Waals surface area contributed by atoms with Gasteiger partial charge >= 0.3 is 5.97 Å². The molecule has 1 aliphatic rings. The molecule has 0 aromatic heterocycles. The number of imide groups is 1. The number of hydrogen-bond donors (Lipinski definition) is 1. The van der Waals surface area contributed by atoms with E-state index in [1.165, 1.54) is 19.1 Å². The van der Waals surface area contributed by atoms with Crippen molar-refractivity contribution in [2.24, 2.45) is 0 Å². The third-order valence-corrected chi connectivity index (χ3v) is 2.60. The lowest BCUT2D eigenvalue weighted by Crippen LogP contribution is -2.32. The predicted molar refractivity (Wildman–Crippen MR) is 58.3 cm³/mol. The maximum absolute atomic E-state index is 13.5. The molecule has 0 spiro atoms. The van der Waals surface area contributed by atoms with E-state index in [9.17, 15) is 18.8 Å². The van der Waals surface area contributed by atoms with Crippen molar-refractivity contribution in [3.63, 3.8) is 0 Å². The summed E-state index contributed by atoms with van der Waals surface area (Å²) in [7, 11) is 0. The van der Waals surface area contributed by atoms with Gasteiger partial charge in [0.15, 0.2) is 0 Å². The number of carbonyl (C=O) groups is 3. The van der Waals surface area contributed by atoms with Crippen molar-refractivity contribution >= 4 is 17.8 Å². The summed E-state index contributed by atoms with van der Waals surface area (Å²) in [6.45, 7) is 1.38. The van der Waals surface area contributed by atoms with Crippen LogP contribution in [0.2, 0.25) is 0 Å². The second-order valence-corrected chi connectivity index (χ2v) is 3.59. The molecule has 5 nitrogen and oxygen atoms in total. The molecule has 2 amide bonds. The van der Waals surface area contributed by atoms with Crippen molar-refractivity contribution in [1.29, 1.82) is 0 Å². The third-order valence-electron chi connectivity index (χ3n) is 2.60. The summed E-state index contributed by atoms with van der Waals surface area (Å²) in [4.78, 5) is 35.2. The first-order valence-corrected chi connectivity index (χ1v) is 5.06. The van der Waals surface area contributed by atoms with Gasteiger partial charge < -0.3 is 5.11 Å². The molecule has 0 bridgehead atoms. The van der Waals surface area contributed by atoms with E-state index in [2.05, 4.69) is 0 Å². The number of fused-ring (bicyclic) bond motifs is 1. The van der Waals surface area contributed by atoms with E-state index in [0.717, 1.165) is 12.1 Å². The Morgan fingerprint density at radius 2 is 2.00 bits per heavy atom. The number of hydrogen-bond acceptors (Lipinski definition) is 3. The number of amides is 2. The Morgan fingerprint density at radius 1 is 1.33 bits per heavy atom. The van der Waals surface area contributed by atoms with Crippen LogP contribution in [0.4, 0.5) is 4.39 Å². The molecule has 18 heavy (non-hydrogen) atoms. The molecular weight excluding hydrogens is 241 g/mol. The first kappa shape index (κ1) is 12.0. The molecule has 0 radical (unpaired) electrons. The van der Waals surface area contributed by atoms with Crippen molar-refractivity contribution in [3.8, 4) is 0 Å². The van der Waals surface area contributed by atoms with Crippen LogP contribution in [0.3, 0.4) is 0 Å². The van der Waals surface area contributed by atoms with E-state index in [4.69, 9.17) is 5.11 Å². The Balaban J connectivity index is 2.60. The van der Waals surface area contributed by atoms with Crippen molar-refractivity contribution in [1.82, 2.24) is 4.90 Å². The molecule has 6 heteroatoms. The monoisotopic (exact) mass is 249 g/mol. The minimum absolute atomic E-state index is 0.124. The van der Waals surface area contributed by atoms with Gasteiger partial charge in [0.05, 0.1) is 11.1 Å². The van der Waals surface area contributed by atoms with Crippen LogP contribution in [-0.2, 0) is 4.79 Å².